The molecule has 3 rings (SSSR count). The van der Waals surface area contributed by atoms with E-state index < -0.39 is 6.10 Å². The Morgan fingerprint density at radius 2 is 2.13 bits per heavy atom. The van der Waals surface area contributed by atoms with E-state index in [1.54, 1.807) is 0 Å². The molecule has 124 valence electrons. The molecule has 23 heavy (non-hydrogen) atoms. The highest BCUT2D eigenvalue weighted by Crippen LogP contribution is 2.28. The van der Waals surface area contributed by atoms with Crippen LogP contribution in [-0.4, -0.2) is 42.8 Å². The molecule has 0 spiro atoms. The quantitative estimate of drug-likeness (QED) is 0.848. The van der Waals surface area contributed by atoms with Crippen LogP contribution in [-0.2, 0) is 13.1 Å². The molecule has 0 aliphatic carbocycles. The van der Waals surface area contributed by atoms with Crippen molar-refractivity contribution in [3.8, 4) is 0 Å². The summed E-state index contributed by atoms with van der Waals surface area (Å²) in [4.78, 5) is 2.41. The van der Waals surface area contributed by atoms with Crippen LogP contribution in [0.15, 0.2) is 30.3 Å². The highest BCUT2D eigenvalue weighted by Gasteiger charge is 2.28. The maximum atomic E-state index is 10.5. The molecule has 1 aromatic carbocycles. The number of tetrazole rings is 1. The molecule has 6 nitrogen and oxygen atoms in total. The van der Waals surface area contributed by atoms with Crippen LogP contribution in [0.3, 0.4) is 0 Å². The second kappa shape index (κ2) is 7.66. The van der Waals surface area contributed by atoms with Gasteiger partial charge in [0.1, 0.15) is 0 Å². The van der Waals surface area contributed by atoms with Crippen molar-refractivity contribution < 1.29 is 5.11 Å². The van der Waals surface area contributed by atoms with Gasteiger partial charge in [-0.2, -0.15) is 0 Å². The predicted octanol–water partition coefficient (Wildman–Crippen LogP) is 2.17. The average molecular weight is 315 g/mol. The van der Waals surface area contributed by atoms with Gasteiger partial charge in [0.25, 0.3) is 0 Å². The Balaban J connectivity index is 1.62. The number of benzene rings is 1. The molecule has 0 bridgehead atoms. The van der Waals surface area contributed by atoms with Gasteiger partial charge >= 0.3 is 0 Å². The molecule has 0 radical (unpaired) electrons. The number of aliphatic hydroxyl groups is 1. The van der Waals surface area contributed by atoms with E-state index in [2.05, 4.69) is 27.3 Å². The molecule has 0 saturated carbocycles. The number of hydrogen-bond donors (Lipinski definition) is 1. The molecule has 1 aliphatic heterocycles. The van der Waals surface area contributed by atoms with E-state index in [9.17, 15) is 5.11 Å². The van der Waals surface area contributed by atoms with Crippen molar-refractivity contribution >= 4 is 0 Å². The van der Waals surface area contributed by atoms with Crippen molar-refractivity contribution in [3.05, 3.63) is 41.7 Å². The molecule has 1 fully saturated rings. The number of aryl methyl sites for hydroxylation is 1. The summed E-state index contributed by atoms with van der Waals surface area (Å²) in [6.07, 6.45) is 3.67. The lowest BCUT2D eigenvalue weighted by molar-refractivity contribution is 0.116. The van der Waals surface area contributed by atoms with E-state index >= 15 is 0 Å². The normalized spacial score (nSPS) is 20.0. The standard InChI is InChI=1S/C17H25N5O/c1-2-10-22-17(18-19-20-22)13-21-11-6-9-15(21)12-16(23)14-7-4-3-5-8-14/h3-5,7-8,15-16,23H,2,6,9-13H2,1H3/t15-,16-/m1/s1. The Morgan fingerprint density at radius 3 is 2.91 bits per heavy atom. The zero-order chi connectivity index (χ0) is 16.1. The topological polar surface area (TPSA) is 67.1 Å². The summed E-state index contributed by atoms with van der Waals surface area (Å²) in [5.41, 5.74) is 0.996. The fraction of sp³-hybridized carbons (Fsp3) is 0.588. The first-order valence-corrected chi connectivity index (χ1v) is 8.50. The molecule has 2 atom stereocenters. The summed E-state index contributed by atoms with van der Waals surface area (Å²) in [5.74, 6) is 0.924. The molecule has 1 N–H and O–H groups in total. The van der Waals surface area contributed by atoms with E-state index in [1.165, 1.54) is 6.42 Å². The van der Waals surface area contributed by atoms with E-state index in [0.717, 1.165) is 50.3 Å². The van der Waals surface area contributed by atoms with Gasteiger partial charge in [-0.1, -0.05) is 37.3 Å². The zero-order valence-corrected chi connectivity index (χ0v) is 13.7. The molecule has 2 heterocycles. The molecular weight excluding hydrogens is 290 g/mol. The zero-order valence-electron chi connectivity index (χ0n) is 13.7. The summed E-state index contributed by atoms with van der Waals surface area (Å²) in [6, 6.07) is 10.3. The maximum Gasteiger partial charge on any atom is 0.165 e. The van der Waals surface area contributed by atoms with Crippen LogP contribution in [0, 0.1) is 0 Å². The summed E-state index contributed by atoms with van der Waals surface area (Å²) in [5, 5.41) is 22.5. The number of hydrogen-bond acceptors (Lipinski definition) is 5. The second-order valence-corrected chi connectivity index (χ2v) is 6.25. The number of nitrogens with zero attached hydrogens (tertiary/aromatic N) is 5. The van der Waals surface area contributed by atoms with E-state index in [-0.39, 0.29) is 0 Å². The molecule has 6 heteroatoms. The average Bonchev–Trinajstić information content (AvgIpc) is 3.19. The lowest BCUT2D eigenvalue weighted by atomic mass is 10.0. The Kier molecular flexibility index (Phi) is 5.35. The van der Waals surface area contributed by atoms with Crippen molar-refractivity contribution in [2.75, 3.05) is 6.54 Å². The Hall–Kier alpha value is -1.79. The van der Waals surface area contributed by atoms with Gasteiger partial charge in [0, 0.05) is 12.6 Å². The minimum atomic E-state index is -0.409. The number of rotatable bonds is 7. The fourth-order valence-corrected chi connectivity index (χ4v) is 3.34. The number of likely N-dealkylation sites (tertiary alicyclic amines) is 1. The Labute approximate surface area is 137 Å². The van der Waals surface area contributed by atoms with Crippen molar-refractivity contribution in [2.45, 2.75) is 57.8 Å². The van der Waals surface area contributed by atoms with Gasteiger partial charge in [-0.05, 0) is 48.2 Å². The van der Waals surface area contributed by atoms with Crippen LogP contribution in [0.4, 0.5) is 0 Å². The molecular formula is C17H25N5O. The van der Waals surface area contributed by atoms with Crippen molar-refractivity contribution in [1.29, 1.82) is 0 Å². The van der Waals surface area contributed by atoms with Gasteiger partial charge in [0.15, 0.2) is 5.82 Å². The first-order valence-electron chi connectivity index (χ1n) is 8.50. The van der Waals surface area contributed by atoms with Gasteiger partial charge in [0.2, 0.25) is 0 Å². The molecule has 2 aromatic rings. The van der Waals surface area contributed by atoms with Crippen LogP contribution in [0.5, 0.6) is 0 Å². The minimum Gasteiger partial charge on any atom is -0.388 e. The van der Waals surface area contributed by atoms with Gasteiger partial charge < -0.3 is 5.11 Å². The SMILES string of the molecule is CCCn1nnnc1CN1CCC[C@@H]1C[C@@H](O)c1ccccc1. The lowest BCUT2D eigenvalue weighted by Gasteiger charge is -2.26. The van der Waals surface area contributed by atoms with Crippen LogP contribution >= 0.6 is 0 Å². The highest BCUT2D eigenvalue weighted by molar-refractivity contribution is 5.17. The first-order chi connectivity index (χ1) is 11.3. The molecule has 1 saturated heterocycles. The van der Waals surface area contributed by atoms with Crippen molar-refractivity contribution in [2.24, 2.45) is 0 Å². The van der Waals surface area contributed by atoms with Crippen LogP contribution in [0.2, 0.25) is 0 Å². The third-order valence-electron chi connectivity index (χ3n) is 4.56. The second-order valence-electron chi connectivity index (χ2n) is 6.25. The van der Waals surface area contributed by atoms with Gasteiger partial charge in [-0.25, -0.2) is 4.68 Å². The Bertz CT molecular complexity index is 600. The molecule has 0 amide bonds. The van der Waals surface area contributed by atoms with Crippen LogP contribution in [0.1, 0.15) is 50.1 Å². The summed E-state index contributed by atoms with van der Waals surface area (Å²) in [7, 11) is 0. The molecule has 1 aliphatic rings. The predicted molar refractivity (Wildman–Crippen MR) is 87.6 cm³/mol. The van der Waals surface area contributed by atoms with Gasteiger partial charge in [-0.15, -0.1) is 5.10 Å². The fourth-order valence-electron chi connectivity index (χ4n) is 3.34. The van der Waals surface area contributed by atoms with Crippen molar-refractivity contribution in [3.63, 3.8) is 0 Å². The first kappa shape index (κ1) is 16.1. The number of aliphatic hydroxyl groups excluding tert-OH is 1. The molecule has 0 unspecified atom stereocenters. The highest BCUT2D eigenvalue weighted by atomic mass is 16.3. The van der Waals surface area contributed by atoms with Gasteiger partial charge in [-0.3, -0.25) is 4.90 Å². The van der Waals surface area contributed by atoms with E-state index in [4.69, 9.17) is 0 Å². The van der Waals surface area contributed by atoms with E-state index in [0.29, 0.717) is 6.04 Å². The Morgan fingerprint density at radius 1 is 1.30 bits per heavy atom. The smallest absolute Gasteiger partial charge is 0.165 e. The third-order valence-corrected chi connectivity index (χ3v) is 4.56. The monoisotopic (exact) mass is 315 g/mol. The summed E-state index contributed by atoms with van der Waals surface area (Å²) < 4.78 is 1.89. The van der Waals surface area contributed by atoms with Gasteiger partial charge in [0.05, 0.1) is 12.6 Å². The van der Waals surface area contributed by atoms with Crippen molar-refractivity contribution in [1.82, 2.24) is 25.1 Å². The van der Waals surface area contributed by atoms with E-state index in [1.807, 2.05) is 35.0 Å². The third kappa shape index (κ3) is 3.95. The summed E-state index contributed by atoms with van der Waals surface area (Å²) >= 11 is 0. The van der Waals surface area contributed by atoms with Crippen LogP contribution < -0.4 is 0 Å². The largest absolute Gasteiger partial charge is 0.388 e. The maximum absolute atomic E-state index is 10.5. The van der Waals surface area contributed by atoms with Crippen LogP contribution in [0.25, 0.3) is 0 Å². The molecule has 1 aromatic heterocycles. The minimum absolute atomic E-state index is 0.386. The lowest BCUT2D eigenvalue weighted by Crippen LogP contribution is -2.31. The number of aromatic nitrogens is 4. The summed E-state index contributed by atoms with van der Waals surface area (Å²) in [6.45, 7) is 4.79.